The minimum absolute atomic E-state index is 0.0774. The SMILES string of the molecule is O=C(CSCc1ccc(Cl)cc1)N(C1CC1)C1CCS(=O)(=O)C1. The van der Waals surface area contributed by atoms with Crippen LogP contribution in [0.5, 0.6) is 0 Å². The first-order chi connectivity index (χ1) is 10.9. The topological polar surface area (TPSA) is 54.5 Å². The number of sulfone groups is 1. The number of thioether (sulfide) groups is 1. The Balaban J connectivity index is 1.54. The Morgan fingerprint density at radius 3 is 2.43 bits per heavy atom. The lowest BCUT2D eigenvalue weighted by Crippen LogP contribution is -2.43. The molecule has 0 radical (unpaired) electrons. The molecule has 1 saturated carbocycles. The second-order valence-corrected chi connectivity index (χ2v) is 9.86. The van der Waals surface area contributed by atoms with Crippen molar-refractivity contribution in [2.24, 2.45) is 0 Å². The molecule has 1 atom stereocenters. The number of halogens is 1. The smallest absolute Gasteiger partial charge is 0.233 e. The summed E-state index contributed by atoms with van der Waals surface area (Å²) < 4.78 is 23.4. The quantitative estimate of drug-likeness (QED) is 0.769. The summed E-state index contributed by atoms with van der Waals surface area (Å²) in [5.74, 6) is 1.58. The van der Waals surface area contributed by atoms with Crippen molar-refractivity contribution in [3.63, 3.8) is 0 Å². The summed E-state index contributed by atoms with van der Waals surface area (Å²) in [5.41, 5.74) is 1.13. The van der Waals surface area contributed by atoms with Gasteiger partial charge in [0.05, 0.1) is 17.3 Å². The van der Waals surface area contributed by atoms with Crippen LogP contribution in [0.1, 0.15) is 24.8 Å². The van der Waals surface area contributed by atoms with Gasteiger partial charge < -0.3 is 4.90 Å². The molecule has 3 rings (SSSR count). The van der Waals surface area contributed by atoms with Gasteiger partial charge in [0.15, 0.2) is 9.84 Å². The van der Waals surface area contributed by atoms with Crippen LogP contribution in [0.3, 0.4) is 0 Å². The van der Waals surface area contributed by atoms with Crippen molar-refractivity contribution >= 4 is 39.1 Å². The van der Waals surface area contributed by atoms with Crippen LogP contribution < -0.4 is 0 Å². The summed E-state index contributed by atoms with van der Waals surface area (Å²) in [7, 11) is -2.96. The van der Waals surface area contributed by atoms with Crippen molar-refractivity contribution in [1.82, 2.24) is 4.90 Å². The highest BCUT2D eigenvalue weighted by atomic mass is 35.5. The van der Waals surface area contributed by atoms with E-state index in [0.29, 0.717) is 17.2 Å². The monoisotopic (exact) mass is 373 g/mol. The van der Waals surface area contributed by atoms with Crippen molar-refractivity contribution in [1.29, 1.82) is 0 Å². The van der Waals surface area contributed by atoms with Crippen LogP contribution >= 0.6 is 23.4 Å². The molecule has 126 valence electrons. The second-order valence-electron chi connectivity index (χ2n) is 6.21. The Bertz CT molecular complexity index is 671. The first-order valence-electron chi connectivity index (χ1n) is 7.78. The van der Waals surface area contributed by atoms with E-state index in [2.05, 4.69) is 0 Å². The van der Waals surface area contributed by atoms with E-state index in [0.717, 1.165) is 24.2 Å². The maximum Gasteiger partial charge on any atom is 0.233 e. The molecule has 1 aliphatic heterocycles. The first-order valence-corrected chi connectivity index (χ1v) is 11.1. The highest BCUT2D eigenvalue weighted by Gasteiger charge is 2.41. The summed E-state index contributed by atoms with van der Waals surface area (Å²) in [6.45, 7) is 0. The molecule has 0 aromatic heterocycles. The van der Waals surface area contributed by atoms with Crippen LogP contribution in [0.25, 0.3) is 0 Å². The van der Waals surface area contributed by atoms with E-state index in [-0.39, 0.29) is 29.5 Å². The number of rotatable bonds is 6. The Morgan fingerprint density at radius 2 is 1.87 bits per heavy atom. The summed E-state index contributed by atoms with van der Waals surface area (Å²) in [4.78, 5) is 14.4. The minimum Gasteiger partial charge on any atom is -0.335 e. The van der Waals surface area contributed by atoms with Gasteiger partial charge in [0, 0.05) is 22.9 Å². The molecule has 7 heteroatoms. The largest absolute Gasteiger partial charge is 0.335 e. The maximum absolute atomic E-state index is 12.6. The highest BCUT2D eigenvalue weighted by Crippen LogP contribution is 2.33. The van der Waals surface area contributed by atoms with Crippen molar-refractivity contribution < 1.29 is 13.2 Å². The average molecular weight is 374 g/mol. The number of benzene rings is 1. The molecular formula is C16H20ClNO3S2. The summed E-state index contributed by atoms with van der Waals surface area (Å²) >= 11 is 7.43. The van der Waals surface area contributed by atoms with Crippen molar-refractivity contribution in [2.45, 2.75) is 37.1 Å². The van der Waals surface area contributed by atoms with E-state index < -0.39 is 9.84 Å². The van der Waals surface area contributed by atoms with E-state index in [4.69, 9.17) is 11.6 Å². The fourth-order valence-electron chi connectivity index (χ4n) is 2.96. The van der Waals surface area contributed by atoms with Gasteiger partial charge >= 0.3 is 0 Å². The predicted molar refractivity (Wildman–Crippen MR) is 94.5 cm³/mol. The number of hydrogen-bond acceptors (Lipinski definition) is 4. The molecular weight excluding hydrogens is 354 g/mol. The Morgan fingerprint density at radius 1 is 1.17 bits per heavy atom. The van der Waals surface area contributed by atoms with E-state index in [1.165, 1.54) is 0 Å². The van der Waals surface area contributed by atoms with Gasteiger partial charge in [-0.15, -0.1) is 11.8 Å². The van der Waals surface area contributed by atoms with Gasteiger partial charge in [0.1, 0.15) is 0 Å². The number of nitrogens with zero attached hydrogens (tertiary/aromatic N) is 1. The lowest BCUT2D eigenvalue weighted by Gasteiger charge is -2.28. The zero-order valence-corrected chi connectivity index (χ0v) is 15.2. The van der Waals surface area contributed by atoms with Gasteiger partial charge in [-0.25, -0.2) is 8.42 Å². The fourth-order valence-corrected chi connectivity index (χ4v) is 5.66. The number of hydrogen-bond donors (Lipinski definition) is 0. The Labute approximate surface area is 146 Å². The van der Waals surface area contributed by atoms with Crippen molar-refractivity contribution in [2.75, 3.05) is 17.3 Å². The van der Waals surface area contributed by atoms with Crippen LogP contribution in [0, 0.1) is 0 Å². The highest BCUT2D eigenvalue weighted by molar-refractivity contribution is 7.99. The average Bonchev–Trinajstić information content (AvgIpc) is 3.25. The van der Waals surface area contributed by atoms with Crippen molar-refractivity contribution in [3.8, 4) is 0 Å². The molecule has 2 fully saturated rings. The molecule has 2 aliphatic rings. The van der Waals surface area contributed by atoms with Gasteiger partial charge in [0.25, 0.3) is 0 Å². The van der Waals surface area contributed by atoms with Crippen LogP contribution in [0.15, 0.2) is 24.3 Å². The van der Waals surface area contributed by atoms with Crippen LogP contribution in [-0.4, -0.2) is 48.6 Å². The summed E-state index contributed by atoms with van der Waals surface area (Å²) in [5, 5.41) is 0.706. The molecule has 1 amide bonds. The van der Waals surface area contributed by atoms with Crippen LogP contribution in [0.2, 0.25) is 5.02 Å². The predicted octanol–water partition coefficient (Wildman–Crippen LogP) is 2.75. The van der Waals surface area contributed by atoms with Gasteiger partial charge in [-0.05, 0) is 37.0 Å². The molecule has 1 heterocycles. The van der Waals surface area contributed by atoms with E-state index in [1.807, 2.05) is 29.2 Å². The van der Waals surface area contributed by atoms with E-state index >= 15 is 0 Å². The third-order valence-corrected chi connectivity index (χ3v) is 7.23. The van der Waals surface area contributed by atoms with Gasteiger partial charge in [-0.1, -0.05) is 23.7 Å². The molecule has 4 nitrogen and oxygen atoms in total. The molecule has 1 saturated heterocycles. The first kappa shape index (κ1) is 17.1. The normalized spacial score (nSPS) is 22.9. The molecule has 1 aliphatic carbocycles. The summed E-state index contributed by atoms with van der Waals surface area (Å²) in [6, 6.07) is 7.76. The Hall–Kier alpha value is -0.720. The van der Waals surface area contributed by atoms with Crippen molar-refractivity contribution in [3.05, 3.63) is 34.9 Å². The minimum atomic E-state index is -2.96. The lowest BCUT2D eigenvalue weighted by molar-refractivity contribution is -0.130. The zero-order valence-electron chi connectivity index (χ0n) is 12.8. The van der Waals surface area contributed by atoms with Crippen LogP contribution in [-0.2, 0) is 20.4 Å². The maximum atomic E-state index is 12.6. The lowest BCUT2D eigenvalue weighted by atomic mass is 10.2. The number of carbonyl (C=O) groups is 1. The molecule has 1 aromatic carbocycles. The Kier molecular flexibility index (Phi) is 5.23. The van der Waals surface area contributed by atoms with Gasteiger partial charge in [0.2, 0.25) is 5.91 Å². The third kappa shape index (κ3) is 4.64. The molecule has 0 spiro atoms. The number of amides is 1. The number of carbonyl (C=O) groups excluding carboxylic acids is 1. The van der Waals surface area contributed by atoms with E-state index in [9.17, 15) is 13.2 Å². The molecule has 0 N–H and O–H groups in total. The van der Waals surface area contributed by atoms with E-state index in [1.54, 1.807) is 11.8 Å². The molecule has 0 bridgehead atoms. The molecule has 1 unspecified atom stereocenters. The van der Waals surface area contributed by atoms with Gasteiger partial charge in [-0.3, -0.25) is 4.79 Å². The third-order valence-electron chi connectivity index (χ3n) is 4.24. The summed E-state index contributed by atoms with van der Waals surface area (Å²) in [6.07, 6.45) is 2.60. The fraction of sp³-hybridized carbons (Fsp3) is 0.562. The molecule has 1 aromatic rings. The second kappa shape index (κ2) is 7.03. The van der Waals surface area contributed by atoms with Crippen LogP contribution in [0.4, 0.5) is 0 Å². The molecule has 23 heavy (non-hydrogen) atoms. The van der Waals surface area contributed by atoms with Gasteiger partial charge in [-0.2, -0.15) is 0 Å². The standard InChI is InChI=1S/C16H20ClNO3S2/c17-13-3-1-12(2-4-13)9-22-10-16(19)18(14-5-6-14)15-7-8-23(20,21)11-15/h1-4,14-15H,5-11H2. The zero-order chi connectivity index (χ0) is 16.4.